The van der Waals surface area contributed by atoms with Crippen molar-refractivity contribution in [1.82, 2.24) is 35.5 Å². The molecule has 3 N–H and O–H groups in total. The van der Waals surface area contributed by atoms with Crippen molar-refractivity contribution < 1.29 is 8.78 Å². The Hall–Kier alpha value is -5.18. The Morgan fingerprint density at radius 1 is 0.953 bits per heavy atom. The maximum atomic E-state index is 16.0. The molecule has 0 atom stereocenters. The summed E-state index contributed by atoms with van der Waals surface area (Å²) in [6.45, 7) is 10.8. The number of nitrogens with zero attached hydrogens (tertiary/aromatic N) is 5. The van der Waals surface area contributed by atoms with Crippen LogP contribution in [0.4, 0.5) is 14.5 Å². The Morgan fingerprint density at radius 2 is 1.72 bits per heavy atom. The molecule has 6 rings (SSSR count). The van der Waals surface area contributed by atoms with E-state index in [1.54, 1.807) is 43.8 Å². The van der Waals surface area contributed by atoms with E-state index in [-0.39, 0.29) is 5.82 Å². The lowest BCUT2D eigenvalue weighted by atomic mass is 10.0. The first-order chi connectivity index (χ1) is 20.8. The van der Waals surface area contributed by atoms with E-state index in [0.29, 0.717) is 62.4 Å². The lowest BCUT2D eigenvalue weighted by Gasteiger charge is -2.13. The van der Waals surface area contributed by atoms with Crippen LogP contribution in [0, 0.1) is 11.6 Å². The van der Waals surface area contributed by atoms with Crippen LogP contribution in [-0.4, -0.2) is 51.3 Å². The average Bonchev–Trinajstić information content (AvgIpc) is 3.64. The number of hydrogen-bond acceptors (Lipinski definition) is 6. The van der Waals surface area contributed by atoms with Crippen LogP contribution in [-0.2, 0) is 6.54 Å². The summed E-state index contributed by atoms with van der Waals surface area (Å²) < 4.78 is 30.4. The normalized spacial score (nSPS) is 10.5. The molecule has 0 unspecified atom stereocenters. The van der Waals surface area contributed by atoms with Gasteiger partial charge in [-0.15, -0.1) is 5.73 Å². The van der Waals surface area contributed by atoms with Gasteiger partial charge in [0, 0.05) is 49.7 Å². The van der Waals surface area contributed by atoms with Gasteiger partial charge in [-0.25, -0.2) is 13.8 Å². The molecular weight excluding hydrogens is 546 g/mol. The summed E-state index contributed by atoms with van der Waals surface area (Å²) in [5.41, 5.74) is 8.20. The molecule has 0 aliphatic carbocycles. The van der Waals surface area contributed by atoms with Crippen molar-refractivity contribution in [1.29, 1.82) is 0 Å². The number of hydrogen-bond donors (Lipinski definition) is 3. The molecule has 0 bridgehead atoms. The molecule has 0 amide bonds. The van der Waals surface area contributed by atoms with E-state index in [2.05, 4.69) is 49.4 Å². The second kappa shape index (κ2) is 13.7. The molecule has 6 aromatic rings. The maximum Gasteiger partial charge on any atom is 0.159 e. The molecular formula is C33H34F2N8. The molecule has 2 aromatic carbocycles. The summed E-state index contributed by atoms with van der Waals surface area (Å²) in [5.74, 6) is -0.406. The predicted octanol–water partition coefficient (Wildman–Crippen LogP) is 7.28. The van der Waals surface area contributed by atoms with Crippen LogP contribution >= 0.6 is 0 Å². The van der Waals surface area contributed by atoms with Crippen molar-refractivity contribution in [3.05, 3.63) is 97.1 Å². The van der Waals surface area contributed by atoms with Crippen LogP contribution in [0.3, 0.4) is 0 Å². The predicted molar refractivity (Wildman–Crippen MR) is 171 cm³/mol. The number of pyridine rings is 2. The number of aromatic nitrogens is 6. The minimum Gasteiger partial charge on any atom is -0.376 e. The standard InChI is InChI=1S/C28H24F2N8.C3H4.C2H6/c1-31-12-15-8-16(10-18(29)9-15)25-26-22(6-7-33-25)34-28(35-26)27-23-21(36-37-27)5-4-20(24(23)30)17-11-19(38(2)3)14-32-13-17;1-3-2;1-2/h4-11,13-14,31H,12H2,1-3H3,(H,34,35)(H,36,37);1-2H2;1-2H3. The molecule has 0 aliphatic heterocycles. The number of benzene rings is 2. The third-order valence-electron chi connectivity index (χ3n) is 6.46. The summed E-state index contributed by atoms with van der Waals surface area (Å²) in [6.07, 6.45) is 5.00. The van der Waals surface area contributed by atoms with Gasteiger partial charge in [-0.2, -0.15) is 5.10 Å². The van der Waals surface area contributed by atoms with Crippen molar-refractivity contribution in [3.63, 3.8) is 0 Å². The summed E-state index contributed by atoms with van der Waals surface area (Å²) in [7, 11) is 5.62. The van der Waals surface area contributed by atoms with E-state index in [0.717, 1.165) is 11.3 Å². The average molecular weight is 581 g/mol. The second-order valence-electron chi connectivity index (χ2n) is 9.52. The number of halogens is 2. The molecule has 0 fully saturated rings. The molecule has 220 valence electrons. The van der Waals surface area contributed by atoms with Crippen molar-refractivity contribution >= 4 is 27.6 Å². The van der Waals surface area contributed by atoms with Crippen molar-refractivity contribution in [2.75, 3.05) is 26.0 Å². The number of rotatable bonds is 6. The maximum absolute atomic E-state index is 16.0. The molecule has 0 radical (unpaired) electrons. The quantitative estimate of drug-likeness (QED) is 0.179. The van der Waals surface area contributed by atoms with Gasteiger partial charge in [0.2, 0.25) is 0 Å². The van der Waals surface area contributed by atoms with Crippen LogP contribution in [0.15, 0.2) is 79.9 Å². The van der Waals surface area contributed by atoms with Gasteiger partial charge >= 0.3 is 0 Å². The van der Waals surface area contributed by atoms with E-state index in [1.807, 2.05) is 45.0 Å². The van der Waals surface area contributed by atoms with Gasteiger partial charge in [0.1, 0.15) is 22.8 Å². The van der Waals surface area contributed by atoms with Crippen LogP contribution < -0.4 is 10.2 Å². The molecule has 4 heterocycles. The molecule has 43 heavy (non-hydrogen) atoms. The fourth-order valence-electron chi connectivity index (χ4n) is 4.64. The number of fused-ring (bicyclic) bond motifs is 2. The van der Waals surface area contributed by atoms with E-state index in [4.69, 9.17) is 4.98 Å². The number of imidazole rings is 1. The Balaban J connectivity index is 0.000000798. The van der Waals surface area contributed by atoms with Gasteiger partial charge in [0.15, 0.2) is 5.82 Å². The summed E-state index contributed by atoms with van der Waals surface area (Å²) in [6, 6.07) is 12.0. The minimum atomic E-state index is -0.426. The number of nitrogens with one attached hydrogen (secondary N) is 3. The largest absolute Gasteiger partial charge is 0.376 e. The van der Waals surface area contributed by atoms with E-state index in [1.165, 1.54) is 12.1 Å². The Labute approximate surface area is 249 Å². The lowest BCUT2D eigenvalue weighted by Crippen LogP contribution is -2.08. The van der Waals surface area contributed by atoms with Crippen molar-refractivity contribution in [3.8, 4) is 33.9 Å². The van der Waals surface area contributed by atoms with Crippen LogP contribution in [0.5, 0.6) is 0 Å². The van der Waals surface area contributed by atoms with Gasteiger partial charge in [-0.1, -0.05) is 27.0 Å². The monoisotopic (exact) mass is 580 g/mol. The number of aromatic amines is 2. The molecule has 0 saturated heterocycles. The number of H-pyrrole nitrogens is 2. The molecule has 0 saturated carbocycles. The zero-order chi connectivity index (χ0) is 31.1. The fourth-order valence-corrected chi connectivity index (χ4v) is 4.64. The van der Waals surface area contributed by atoms with Crippen LogP contribution in [0.2, 0.25) is 0 Å². The van der Waals surface area contributed by atoms with E-state index in [9.17, 15) is 4.39 Å². The third-order valence-corrected chi connectivity index (χ3v) is 6.46. The van der Waals surface area contributed by atoms with Crippen LogP contribution in [0.1, 0.15) is 19.4 Å². The van der Waals surface area contributed by atoms with Gasteiger partial charge in [0.05, 0.1) is 34.0 Å². The smallest absolute Gasteiger partial charge is 0.159 e. The molecule has 0 aliphatic rings. The topological polar surface area (TPSA) is 98.4 Å². The van der Waals surface area contributed by atoms with Gasteiger partial charge < -0.3 is 15.2 Å². The summed E-state index contributed by atoms with van der Waals surface area (Å²) >= 11 is 0. The Kier molecular flexibility index (Phi) is 9.77. The number of anilines is 1. The first-order valence-corrected chi connectivity index (χ1v) is 13.7. The zero-order valence-electron chi connectivity index (χ0n) is 24.9. The first kappa shape index (κ1) is 30.8. The molecule has 0 spiro atoms. The Bertz CT molecular complexity index is 1900. The highest BCUT2D eigenvalue weighted by atomic mass is 19.1. The molecule has 8 nitrogen and oxygen atoms in total. The summed E-state index contributed by atoms with van der Waals surface area (Å²) in [5, 5.41) is 10.6. The molecule has 4 aromatic heterocycles. The third kappa shape index (κ3) is 6.35. The van der Waals surface area contributed by atoms with Crippen LogP contribution in [0.25, 0.3) is 55.8 Å². The zero-order valence-corrected chi connectivity index (χ0v) is 24.9. The highest BCUT2D eigenvalue weighted by molar-refractivity contribution is 5.98. The minimum absolute atomic E-state index is 0.313. The Morgan fingerprint density at radius 3 is 2.44 bits per heavy atom. The van der Waals surface area contributed by atoms with Crippen molar-refractivity contribution in [2.45, 2.75) is 20.4 Å². The van der Waals surface area contributed by atoms with Crippen molar-refractivity contribution in [2.24, 2.45) is 0 Å². The summed E-state index contributed by atoms with van der Waals surface area (Å²) in [4.78, 5) is 18.7. The highest BCUT2D eigenvalue weighted by Gasteiger charge is 2.21. The lowest BCUT2D eigenvalue weighted by molar-refractivity contribution is 0.624. The van der Waals surface area contributed by atoms with E-state index >= 15 is 4.39 Å². The van der Waals surface area contributed by atoms with Gasteiger partial charge in [-0.3, -0.25) is 15.1 Å². The fraction of sp³-hybridized carbons (Fsp3) is 0.182. The second-order valence-corrected chi connectivity index (χ2v) is 9.52. The van der Waals surface area contributed by atoms with E-state index < -0.39 is 5.82 Å². The van der Waals surface area contributed by atoms with Gasteiger partial charge in [-0.05, 0) is 55.1 Å². The highest BCUT2D eigenvalue weighted by Crippen LogP contribution is 2.35. The SMILES string of the molecule is C=C=C.CC.CNCc1cc(F)cc(-c2nccc3[nH]c(-c4n[nH]c5ccc(-c6cncc(N(C)C)c6)c(F)c45)nc23)c1. The molecule has 10 heteroatoms. The first-order valence-electron chi connectivity index (χ1n) is 13.7. The van der Waals surface area contributed by atoms with Gasteiger partial charge in [0.25, 0.3) is 0 Å².